The summed E-state index contributed by atoms with van der Waals surface area (Å²) in [5.74, 6) is 1.67. The summed E-state index contributed by atoms with van der Waals surface area (Å²) >= 11 is 0. The van der Waals surface area contributed by atoms with Gasteiger partial charge in [0.2, 0.25) is 0 Å². The Morgan fingerprint density at radius 1 is 0.933 bits per heavy atom. The maximum absolute atomic E-state index is 3.52. The molecular weight excluding hydrogens is 182 g/mol. The third-order valence-corrected chi connectivity index (χ3v) is 3.75. The third kappa shape index (κ3) is 1.93. The maximum Gasteiger partial charge on any atom is 0.00202 e. The minimum atomic E-state index is 0.774. The minimum Gasteiger partial charge on any atom is -0.316 e. The van der Waals surface area contributed by atoms with Gasteiger partial charge in [-0.05, 0) is 55.2 Å². The van der Waals surface area contributed by atoms with Gasteiger partial charge in [0, 0.05) is 6.54 Å². The van der Waals surface area contributed by atoms with E-state index in [2.05, 4.69) is 29.6 Å². The normalized spacial score (nSPS) is 26.5. The van der Waals surface area contributed by atoms with Gasteiger partial charge in [-0.15, -0.1) is 0 Å². The SMILES string of the molecule is c1ccc(C2CCCNC2)c(C2CC2)c1. The molecule has 0 amide bonds. The molecular formula is C14H19N. The molecule has 3 rings (SSSR count). The number of nitrogens with one attached hydrogen (secondary N) is 1. The van der Waals surface area contributed by atoms with E-state index in [4.69, 9.17) is 0 Å². The molecule has 0 bridgehead atoms. The molecule has 1 unspecified atom stereocenters. The second kappa shape index (κ2) is 3.97. The number of hydrogen-bond acceptors (Lipinski definition) is 1. The number of hydrogen-bond donors (Lipinski definition) is 1. The summed E-state index contributed by atoms with van der Waals surface area (Å²) in [5.41, 5.74) is 3.28. The van der Waals surface area contributed by atoms with Crippen LogP contribution in [0.15, 0.2) is 24.3 Å². The quantitative estimate of drug-likeness (QED) is 0.775. The van der Waals surface area contributed by atoms with Gasteiger partial charge < -0.3 is 5.32 Å². The van der Waals surface area contributed by atoms with E-state index in [1.807, 2.05) is 0 Å². The number of benzene rings is 1. The lowest BCUT2D eigenvalue weighted by Gasteiger charge is -2.25. The van der Waals surface area contributed by atoms with Gasteiger partial charge in [-0.25, -0.2) is 0 Å². The Morgan fingerprint density at radius 3 is 2.27 bits per heavy atom. The van der Waals surface area contributed by atoms with Crippen LogP contribution >= 0.6 is 0 Å². The predicted molar refractivity (Wildman–Crippen MR) is 63.3 cm³/mol. The van der Waals surface area contributed by atoms with Crippen LogP contribution in [0.1, 0.15) is 48.6 Å². The molecule has 1 aromatic rings. The van der Waals surface area contributed by atoms with Crippen molar-refractivity contribution in [2.45, 2.75) is 37.5 Å². The second-order valence-corrected chi connectivity index (χ2v) is 4.95. The summed E-state index contributed by atoms with van der Waals surface area (Å²) in [4.78, 5) is 0. The highest BCUT2D eigenvalue weighted by molar-refractivity contribution is 5.36. The Labute approximate surface area is 91.9 Å². The Morgan fingerprint density at radius 2 is 1.67 bits per heavy atom. The van der Waals surface area contributed by atoms with E-state index < -0.39 is 0 Å². The van der Waals surface area contributed by atoms with Gasteiger partial charge in [-0.3, -0.25) is 0 Å². The molecule has 1 saturated heterocycles. The molecule has 1 aliphatic carbocycles. The molecule has 0 radical (unpaired) electrons. The van der Waals surface area contributed by atoms with E-state index in [1.165, 1.54) is 38.8 Å². The van der Waals surface area contributed by atoms with Crippen LogP contribution in [-0.2, 0) is 0 Å². The van der Waals surface area contributed by atoms with E-state index in [0.717, 1.165) is 11.8 Å². The molecule has 80 valence electrons. The molecule has 1 heterocycles. The second-order valence-electron chi connectivity index (χ2n) is 4.95. The topological polar surface area (TPSA) is 12.0 Å². The highest BCUT2D eigenvalue weighted by atomic mass is 14.9. The molecule has 1 N–H and O–H groups in total. The Balaban J connectivity index is 1.88. The first-order valence-corrected chi connectivity index (χ1v) is 6.24. The van der Waals surface area contributed by atoms with Crippen molar-refractivity contribution in [3.05, 3.63) is 35.4 Å². The summed E-state index contributed by atoms with van der Waals surface area (Å²) < 4.78 is 0. The molecule has 0 aromatic heterocycles. The van der Waals surface area contributed by atoms with Crippen LogP contribution in [0.5, 0.6) is 0 Å². The smallest absolute Gasteiger partial charge is 0.00202 e. The van der Waals surface area contributed by atoms with E-state index in [9.17, 15) is 0 Å². The monoisotopic (exact) mass is 201 g/mol. The zero-order valence-corrected chi connectivity index (χ0v) is 9.21. The van der Waals surface area contributed by atoms with Crippen molar-refractivity contribution < 1.29 is 0 Å². The van der Waals surface area contributed by atoms with E-state index >= 15 is 0 Å². The van der Waals surface area contributed by atoms with Crippen molar-refractivity contribution in [3.63, 3.8) is 0 Å². The first kappa shape index (κ1) is 9.41. The molecule has 1 aliphatic heterocycles. The van der Waals surface area contributed by atoms with Crippen LogP contribution < -0.4 is 5.32 Å². The van der Waals surface area contributed by atoms with Gasteiger partial charge in [-0.1, -0.05) is 24.3 Å². The fourth-order valence-corrected chi connectivity index (χ4v) is 2.77. The Bertz CT molecular complexity index is 335. The summed E-state index contributed by atoms with van der Waals surface area (Å²) in [6, 6.07) is 9.11. The van der Waals surface area contributed by atoms with Crippen molar-refractivity contribution in [1.29, 1.82) is 0 Å². The Hall–Kier alpha value is -0.820. The maximum atomic E-state index is 3.52. The van der Waals surface area contributed by atoms with E-state index in [0.29, 0.717) is 0 Å². The van der Waals surface area contributed by atoms with Crippen LogP contribution in [0.4, 0.5) is 0 Å². The van der Waals surface area contributed by atoms with Gasteiger partial charge in [0.1, 0.15) is 0 Å². The molecule has 2 fully saturated rings. The molecule has 1 saturated carbocycles. The molecule has 1 atom stereocenters. The fourth-order valence-electron chi connectivity index (χ4n) is 2.77. The minimum absolute atomic E-state index is 0.774. The standard InChI is InChI=1S/C14H19N/c1-2-6-14(12-4-3-9-15-10-12)13(5-1)11-7-8-11/h1-2,5-6,11-12,15H,3-4,7-10H2. The van der Waals surface area contributed by atoms with Crippen molar-refractivity contribution in [2.24, 2.45) is 0 Å². The first-order chi connectivity index (χ1) is 7.45. The Kier molecular flexibility index (Phi) is 2.49. The molecule has 1 nitrogen and oxygen atoms in total. The lowest BCUT2D eigenvalue weighted by Crippen LogP contribution is -2.28. The molecule has 1 heteroatoms. The van der Waals surface area contributed by atoms with E-state index in [1.54, 1.807) is 11.1 Å². The highest BCUT2D eigenvalue weighted by Crippen LogP contribution is 2.43. The molecule has 2 aliphatic rings. The van der Waals surface area contributed by atoms with Crippen LogP contribution in [0.3, 0.4) is 0 Å². The lowest BCUT2D eigenvalue weighted by molar-refractivity contribution is 0.459. The number of rotatable bonds is 2. The summed E-state index contributed by atoms with van der Waals surface area (Å²) in [6.45, 7) is 2.39. The highest BCUT2D eigenvalue weighted by Gasteiger charge is 2.28. The molecule has 0 spiro atoms. The van der Waals surface area contributed by atoms with Crippen molar-refractivity contribution in [2.75, 3.05) is 13.1 Å². The van der Waals surface area contributed by atoms with Gasteiger partial charge in [0.15, 0.2) is 0 Å². The van der Waals surface area contributed by atoms with Gasteiger partial charge in [-0.2, -0.15) is 0 Å². The fraction of sp³-hybridized carbons (Fsp3) is 0.571. The summed E-state index contributed by atoms with van der Waals surface area (Å²) in [6.07, 6.45) is 5.54. The van der Waals surface area contributed by atoms with Crippen LogP contribution in [0, 0.1) is 0 Å². The van der Waals surface area contributed by atoms with Crippen molar-refractivity contribution in [3.8, 4) is 0 Å². The zero-order valence-electron chi connectivity index (χ0n) is 9.21. The third-order valence-electron chi connectivity index (χ3n) is 3.75. The van der Waals surface area contributed by atoms with Gasteiger partial charge >= 0.3 is 0 Å². The van der Waals surface area contributed by atoms with Gasteiger partial charge in [0.25, 0.3) is 0 Å². The largest absolute Gasteiger partial charge is 0.316 e. The summed E-state index contributed by atoms with van der Waals surface area (Å²) in [7, 11) is 0. The predicted octanol–water partition coefficient (Wildman–Crippen LogP) is 3.03. The summed E-state index contributed by atoms with van der Waals surface area (Å²) in [5, 5.41) is 3.52. The van der Waals surface area contributed by atoms with Gasteiger partial charge in [0.05, 0.1) is 0 Å². The van der Waals surface area contributed by atoms with E-state index in [-0.39, 0.29) is 0 Å². The van der Waals surface area contributed by atoms with Crippen molar-refractivity contribution in [1.82, 2.24) is 5.32 Å². The van der Waals surface area contributed by atoms with Crippen LogP contribution in [-0.4, -0.2) is 13.1 Å². The first-order valence-electron chi connectivity index (χ1n) is 6.24. The lowest BCUT2D eigenvalue weighted by atomic mass is 9.87. The van der Waals surface area contributed by atoms with Crippen LogP contribution in [0.25, 0.3) is 0 Å². The van der Waals surface area contributed by atoms with Crippen LogP contribution in [0.2, 0.25) is 0 Å². The average molecular weight is 201 g/mol. The average Bonchev–Trinajstić information content (AvgIpc) is 3.14. The molecule has 1 aromatic carbocycles. The zero-order chi connectivity index (χ0) is 10.1. The van der Waals surface area contributed by atoms with Crippen molar-refractivity contribution >= 4 is 0 Å². The number of piperidine rings is 1. The molecule has 15 heavy (non-hydrogen) atoms.